The van der Waals surface area contributed by atoms with Crippen LogP contribution in [0.2, 0.25) is 5.15 Å². The van der Waals surface area contributed by atoms with Crippen molar-refractivity contribution in [2.45, 2.75) is 26.3 Å². The number of nitrogens with zero attached hydrogens (tertiary/aromatic N) is 1. The largest absolute Gasteiger partial charge is 0.349 e. The topological polar surface area (TPSA) is 42.0 Å². The lowest BCUT2D eigenvalue weighted by Gasteiger charge is -2.04. The summed E-state index contributed by atoms with van der Waals surface area (Å²) in [5, 5.41) is 3.31. The molecule has 0 aliphatic heterocycles. The fraction of sp³-hybridized carbons (Fsp3) is 0.455. The van der Waals surface area contributed by atoms with Crippen LogP contribution in [0.25, 0.3) is 0 Å². The Morgan fingerprint density at radius 3 is 2.80 bits per heavy atom. The van der Waals surface area contributed by atoms with E-state index in [-0.39, 0.29) is 5.91 Å². The number of halogens is 1. The molecule has 1 aromatic heterocycles. The van der Waals surface area contributed by atoms with Crippen molar-refractivity contribution >= 4 is 17.5 Å². The van der Waals surface area contributed by atoms with Gasteiger partial charge in [0.2, 0.25) is 0 Å². The Bertz CT molecular complexity index is 385. The lowest BCUT2D eigenvalue weighted by atomic mass is 10.2. The highest BCUT2D eigenvalue weighted by molar-refractivity contribution is 6.29. The molecule has 1 aromatic rings. The zero-order chi connectivity index (χ0) is 11.0. The van der Waals surface area contributed by atoms with Gasteiger partial charge in [0, 0.05) is 17.3 Å². The summed E-state index contributed by atoms with van der Waals surface area (Å²) in [5.74, 6) is 0.545. The molecule has 3 nitrogen and oxygen atoms in total. The zero-order valence-electron chi connectivity index (χ0n) is 8.75. The van der Waals surface area contributed by atoms with Gasteiger partial charge in [-0.05, 0) is 31.4 Å². The van der Waals surface area contributed by atoms with Crippen molar-refractivity contribution in [1.29, 1.82) is 0 Å². The third-order valence-electron chi connectivity index (χ3n) is 2.61. The molecular weight excluding hydrogens is 212 g/mol. The van der Waals surface area contributed by atoms with Gasteiger partial charge in [0.1, 0.15) is 5.15 Å². The number of nitrogens with one attached hydrogen (secondary N) is 1. The first-order valence-corrected chi connectivity index (χ1v) is 5.39. The van der Waals surface area contributed by atoms with Crippen LogP contribution in [-0.2, 0) is 0 Å². The average molecular weight is 225 g/mol. The van der Waals surface area contributed by atoms with Gasteiger partial charge in [0.05, 0.1) is 0 Å². The molecule has 0 spiro atoms. The van der Waals surface area contributed by atoms with E-state index in [2.05, 4.69) is 17.2 Å². The number of aryl methyl sites for hydroxylation is 1. The SMILES string of the molecule is Cc1cc(C(=O)NC2CC2C)cc(Cl)n1. The van der Waals surface area contributed by atoms with Gasteiger partial charge in [0.25, 0.3) is 5.91 Å². The van der Waals surface area contributed by atoms with Crippen LogP contribution in [0.5, 0.6) is 0 Å². The minimum atomic E-state index is -0.0586. The highest BCUT2D eigenvalue weighted by Crippen LogP contribution is 2.29. The first-order valence-electron chi connectivity index (χ1n) is 5.01. The molecule has 0 aromatic carbocycles. The molecule has 80 valence electrons. The average Bonchev–Trinajstić information content (AvgIpc) is 2.79. The van der Waals surface area contributed by atoms with E-state index < -0.39 is 0 Å². The Labute approximate surface area is 93.8 Å². The number of hydrogen-bond donors (Lipinski definition) is 1. The summed E-state index contributed by atoms with van der Waals surface area (Å²) >= 11 is 5.78. The summed E-state index contributed by atoms with van der Waals surface area (Å²) in [7, 11) is 0. The molecule has 1 aliphatic carbocycles. The van der Waals surface area contributed by atoms with E-state index >= 15 is 0 Å². The van der Waals surface area contributed by atoms with Crippen molar-refractivity contribution in [2.24, 2.45) is 5.92 Å². The Kier molecular flexibility index (Phi) is 2.65. The van der Waals surface area contributed by atoms with E-state index in [4.69, 9.17) is 11.6 Å². The number of amides is 1. The third-order valence-corrected chi connectivity index (χ3v) is 2.80. The van der Waals surface area contributed by atoms with Crippen LogP contribution >= 0.6 is 11.6 Å². The van der Waals surface area contributed by atoms with Gasteiger partial charge in [-0.3, -0.25) is 4.79 Å². The maximum Gasteiger partial charge on any atom is 0.251 e. The van der Waals surface area contributed by atoms with Crippen molar-refractivity contribution in [1.82, 2.24) is 10.3 Å². The second-order valence-electron chi connectivity index (χ2n) is 4.11. The summed E-state index contributed by atoms with van der Waals surface area (Å²) in [6.07, 6.45) is 1.07. The molecule has 1 heterocycles. The summed E-state index contributed by atoms with van der Waals surface area (Å²) < 4.78 is 0. The third kappa shape index (κ3) is 2.48. The van der Waals surface area contributed by atoms with Crippen LogP contribution in [0.1, 0.15) is 29.4 Å². The molecule has 1 fully saturated rings. The van der Waals surface area contributed by atoms with E-state index in [9.17, 15) is 4.79 Å². The van der Waals surface area contributed by atoms with Crippen LogP contribution in [0, 0.1) is 12.8 Å². The molecule has 15 heavy (non-hydrogen) atoms. The molecule has 2 unspecified atom stereocenters. The maximum atomic E-state index is 11.7. The highest BCUT2D eigenvalue weighted by Gasteiger charge is 2.34. The summed E-state index contributed by atoms with van der Waals surface area (Å²) in [4.78, 5) is 15.8. The molecule has 1 aliphatic rings. The Balaban J connectivity index is 2.11. The number of carbonyl (C=O) groups excluding carboxylic acids is 1. The quantitative estimate of drug-likeness (QED) is 0.783. The lowest BCUT2D eigenvalue weighted by Crippen LogP contribution is -2.26. The molecule has 1 N–H and O–H groups in total. The van der Waals surface area contributed by atoms with Crippen LogP contribution < -0.4 is 5.32 Å². The Morgan fingerprint density at radius 1 is 1.60 bits per heavy atom. The molecule has 2 rings (SSSR count). The summed E-state index contributed by atoms with van der Waals surface area (Å²) in [5.41, 5.74) is 1.35. The number of rotatable bonds is 2. The molecule has 4 heteroatoms. The molecule has 1 saturated carbocycles. The summed E-state index contributed by atoms with van der Waals surface area (Å²) in [6, 6.07) is 3.68. The molecular formula is C11H13ClN2O. The summed E-state index contributed by atoms with van der Waals surface area (Å²) in [6.45, 7) is 3.94. The molecule has 1 amide bonds. The Morgan fingerprint density at radius 2 is 2.27 bits per heavy atom. The van der Waals surface area contributed by atoms with E-state index in [1.165, 1.54) is 0 Å². The van der Waals surface area contributed by atoms with Crippen LogP contribution in [0.4, 0.5) is 0 Å². The first-order chi connectivity index (χ1) is 7.06. The van der Waals surface area contributed by atoms with Crippen molar-refractivity contribution in [3.8, 4) is 0 Å². The van der Waals surface area contributed by atoms with Gasteiger partial charge in [-0.1, -0.05) is 18.5 Å². The highest BCUT2D eigenvalue weighted by atomic mass is 35.5. The number of carbonyl (C=O) groups is 1. The van der Waals surface area contributed by atoms with Crippen LogP contribution in [0.15, 0.2) is 12.1 Å². The lowest BCUT2D eigenvalue weighted by molar-refractivity contribution is 0.0949. The predicted molar refractivity (Wildman–Crippen MR) is 59.0 cm³/mol. The van der Waals surface area contributed by atoms with Gasteiger partial charge in [-0.2, -0.15) is 0 Å². The van der Waals surface area contributed by atoms with Crippen molar-refractivity contribution in [2.75, 3.05) is 0 Å². The molecule has 2 atom stereocenters. The molecule has 0 saturated heterocycles. The predicted octanol–water partition coefficient (Wildman–Crippen LogP) is 2.18. The van der Waals surface area contributed by atoms with Gasteiger partial charge in [0.15, 0.2) is 0 Å². The van der Waals surface area contributed by atoms with E-state index in [1.54, 1.807) is 12.1 Å². The number of aromatic nitrogens is 1. The van der Waals surface area contributed by atoms with Gasteiger partial charge in [-0.15, -0.1) is 0 Å². The van der Waals surface area contributed by atoms with Crippen molar-refractivity contribution in [3.05, 3.63) is 28.5 Å². The zero-order valence-corrected chi connectivity index (χ0v) is 9.51. The fourth-order valence-corrected chi connectivity index (χ4v) is 1.78. The standard InChI is InChI=1S/C11H13ClN2O/c1-6-3-9(6)14-11(15)8-4-7(2)13-10(12)5-8/h4-6,9H,3H2,1-2H3,(H,14,15). The van der Waals surface area contributed by atoms with E-state index in [0.29, 0.717) is 22.7 Å². The first kappa shape index (κ1) is 10.4. The molecule has 0 radical (unpaired) electrons. The maximum absolute atomic E-state index is 11.7. The minimum Gasteiger partial charge on any atom is -0.349 e. The van der Waals surface area contributed by atoms with Gasteiger partial charge >= 0.3 is 0 Å². The van der Waals surface area contributed by atoms with E-state index in [0.717, 1.165) is 12.1 Å². The second kappa shape index (κ2) is 3.81. The molecule has 0 bridgehead atoms. The number of hydrogen-bond acceptors (Lipinski definition) is 2. The van der Waals surface area contributed by atoms with Crippen LogP contribution in [0.3, 0.4) is 0 Å². The van der Waals surface area contributed by atoms with Crippen LogP contribution in [-0.4, -0.2) is 16.9 Å². The Hall–Kier alpha value is -1.09. The van der Waals surface area contributed by atoms with Gasteiger partial charge in [-0.25, -0.2) is 4.98 Å². The number of pyridine rings is 1. The van der Waals surface area contributed by atoms with E-state index in [1.807, 2.05) is 6.92 Å². The van der Waals surface area contributed by atoms with Crippen molar-refractivity contribution in [3.63, 3.8) is 0 Å². The van der Waals surface area contributed by atoms with Crippen molar-refractivity contribution < 1.29 is 4.79 Å². The fourth-order valence-electron chi connectivity index (χ4n) is 1.53. The van der Waals surface area contributed by atoms with Gasteiger partial charge < -0.3 is 5.32 Å². The minimum absolute atomic E-state index is 0.0586. The smallest absolute Gasteiger partial charge is 0.251 e. The second-order valence-corrected chi connectivity index (χ2v) is 4.50. The monoisotopic (exact) mass is 224 g/mol. The normalized spacial score (nSPS) is 23.7.